The van der Waals surface area contributed by atoms with Gasteiger partial charge in [0.2, 0.25) is 0 Å². The summed E-state index contributed by atoms with van der Waals surface area (Å²) in [6, 6.07) is 20.0. The standard InChI is InChI=1S/C26H24F2N4O2.C25H22F3N5O2/c1-14(2)24-17(26(33)30-20-11-12-34-21-10-5-4-7-16(20)21)13-29-25-22(15(3)31-32(24)25)23-18(27)8-6-9-19(23)28;1-13-20(21-16(26)8-9-17(27)22(21)28)23-29-12-15(25(32(2)3)33(23)31-13)24(34)30-18-10-11-35-19-7-5-4-6-14(18)19/h4-10,13-14,20H,11-12H2,1-3H3,(H,30,33);4-9,12,18H,10-11H2,1-3H3,(H,30,34)/t20-;18-/m00/s1. The van der Waals surface area contributed by atoms with E-state index in [4.69, 9.17) is 9.47 Å². The van der Waals surface area contributed by atoms with E-state index in [9.17, 15) is 31.5 Å². The van der Waals surface area contributed by atoms with E-state index in [0.29, 0.717) is 54.5 Å². The van der Waals surface area contributed by atoms with Gasteiger partial charge in [-0.3, -0.25) is 9.59 Å². The average molecular weight is 944 g/mol. The summed E-state index contributed by atoms with van der Waals surface area (Å²) in [5.41, 5.74) is 3.66. The van der Waals surface area contributed by atoms with Crippen LogP contribution in [0.1, 0.15) is 93.6 Å². The molecule has 0 saturated heterocycles. The van der Waals surface area contributed by atoms with Crippen LogP contribution in [0.4, 0.5) is 27.8 Å². The van der Waals surface area contributed by atoms with Crippen molar-refractivity contribution in [2.75, 3.05) is 32.2 Å². The number of hydrogen-bond acceptors (Lipinski definition) is 9. The number of aromatic nitrogens is 6. The topological polar surface area (TPSA) is 140 Å². The number of carbonyl (C=O) groups is 2. The second-order valence-corrected chi connectivity index (χ2v) is 17.2. The number of aryl methyl sites for hydroxylation is 2. The van der Waals surface area contributed by atoms with Gasteiger partial charge in [0.15, 0.2) is 22.9 Å². The van der Waals surface area contributed by atoms with Crippen molar-refractivity contribution < 1.29 is 41.0 Å². The highest BCUT2D eigenvalue weighted by Gasteiger charge is 2.31. The highest BCUT2D eigenvalue weighted by molar-refractivity contribution is 6.00. The van der Waals surface area contributed by atoms with Crippen molar-refractivity contribution in [3.05, 3.63) is 160 Å². The second-order valence-electron chi connectivity index (χ2n) is 17.2. The molecule has 0 radical (unpaired) electrons. The minimum Gasteiger partial charge on any atom is -0.493 e. The van der Waals surface area contributed by atoms with Crippen molar-refractivity contribution in [3.8, 4) is 33.8 Å². The smallest absolute Gasteiger partial charge is 0.257 e. The summed E-state index contributed by atoms with van der Waals surface area (Å²) in [5.74, 6) is -3.75. The van der Waals surface area contributed by atoms with E-state index in [0.717, 1.165) is 34.8 Å². The van der Waals surface area contributed by atoms with Crippen LogP contribution in [0.25, 0.3) is 33.5 Å². The van der Waals surface area contributed by atoms with Gasteiger partial charge in [0.1, 0.15) is 40.3 Å². The average Bonchev–Trinajstić information content (AvgIpc) is 3.84. The quantitative estimate of drug-likeness (QED) is 0.113. The zero-order valence-electron chi connectivity index (χ0n) is 38.4. The predicted molar refractivity (Wildman–Crippen MR) is 248 cm³/mol. The van der Waals surface area contributed by atoms with Gasteiger partial charge in [0.25, 0.3) is 11.8 Å². The molecule has 2 atom stereocenters. The Hall–Kier alpha value is -7.89. The first-order valence-electron chi connectivity index (χ1n) is 22.2. The lowest BCUT2D eigenvalue weighted by molar-refractivity contribution is 0.0914. The third-order valence-electron chi connectivity index (χ3n) is 12.1. The SMILES string of the molecule is Cc1nn2c(C(C)C)c(C(=O)N[C@H]3CCOc4ccccc43)cnc2c1-c1c(F)cccc1F.Cc1nn2c(N(C)C)c(C(=O)N[C@H]3CCOc4ccccc43)cnc2c1-c1c(F)ccc(F)c1F. The molecular weight excluding hydrogens is 898 g/mol. The van der Waals surface area contributed by atoms with E-state index < -0.39 is 34.6 Å². The Morgan fingerprint density at radius 2 is 1.10 bits per heavy atom. The lowest BCUT2D eigenvalue weighted by Gasteiger charge is -2.27. The van der Waals surface area contributed by atoms with Crippen molar-refractivity contribution >= 4 is 28.9 Å². The van der Waals surface area contributed by atoms with Gasteiger partial charge >= 0.3 is 0 Å². The van der Waals surface area contributed by atoms with Gasteiger partial charge in [-0.1, -0.05) is 56.3 Å². The van der Waals surface area contributed by atoms with Crippen LogP contribution in [0.3, 0.4) is 0 Å². The van der Waals surface area contributed by atoms with E-state index in [1.165, 1.54) is 39.6 Å². The van der Waals surface area contributed by atoms with E-state index in [-0.39, 0.29) is 63.4 Å². The fourth-order valence-corrected chi connectivity index (χ4v) is 9.04. The van der Waals surface area contributed by atoms with Crippen molar-refractivity contribution in [2.24, 2.45) is 0 Å². The number of carbonyl (C=O) groups excluding carboxylic acids is 2. The molecule has 2 N–H and O–H groups in total. The molecule has 69 heavy (non-hydrogen) atoms. The van der Waals surface area contributed by atoms with E-state index in [1.54, 1.807) is 32.8 Å². The number of nitrogens with one attached hydrogen (secondary N) is 2. The monoisotopic (exact) mass is 943 g/mol. The number of rotatable bonds is 8. The number of hydrogen-bond donors (Lipinski definition) is 2. The second kappa shape index (κ2) is 18.7. The Labute approximate surface area is 392 Å². The minimum absolute atomic E-state index is 0.0212. The van der Waals surface area contributed by atoms with Crippen LogP contribution in [0.5, 0.6) is 11.5 Å². The zero-order valence-corrected chi connectivity index (χ0v) is 38.4. The van der Waals surface area contributed by atoms with Gasteiger partial charge in [-0.2, -0.15) is 14.7 Å². The van der Waals surface area contributed by atoms with E-state index in [1.807, 2.05) is 62.4 Å². The lowest BCUT2D eigenvalue weighted by Crippen LogP contribution is -2.33. The number of amides is 2. The fraction of sp³-hybridized carbons (Fsp3) is 0.255. The summed E-state index contributed by atoms with van der Waals surface area (Å²) in [6.07, 6.45) is 4.05. The summed E-state index contributed by atoms with van der Waals surface area (Å²) >= 11 is 0. The maximum absolute atomic E-state index is 14.6. The molecule has 0 saturated carbocycles. The van der Waals surface area contributed by atoms with Gasteiger partial charge in [0.05, 0.1) is 70.2 Å². The number of anilines is 1. The first-order valence-corrected chi connectivity index (χ1v) is 22.2. The molecule has 6 heterocycles. The van der Waals surface area contributed by atoms with Crippen LogP contribution in [0.15, 0.2) is 91.3 Å². The summed E-state index contributed by atoms with van der Waals surface area (Å²) in [4.78, 5) is 37.2. The van der Waals surface area contributed by atoms with Gasteiger partial charge in [0, 0.05) is 50.5 Å². The van der Waals surface area contributed by atoms with Gasteiger partial charge in [-0.05, 0) is 56.2 Å². The molecule has 10 rings (SSSR count). The molecule has 4 aromatic carbocycles. The van der Waals surface area contributed by atoms with Crippen LogP contribution in [0, 0.1) is 42.9 Å². The Kier molecular flexibility index (Phi) is 12.5. The molecule has 13 nitrogen and oxygen atoms in total. The Balaban J connectivity index is 0.000000172. The Morgan fingerprint density at radius 3 is 1.67 bits per heavy atom. The number of ether oxygens (including phenoxy) is 2. The Bertz CT molecular complexity index is 3300. The molecule has 0 fully saturated rings. The van der Waals surface area contributed by atoms with Crippen LogP contribution >= 0.6 is 0 Å². The molecule has 2 amide bonds. The summed E-state index contributed by atoms with van der Waals surface area (Å²) < 4.78 is 86.6. The summed E-state index contributed by atoms with van der Waals surface area (Å²) in [5, 5.41) is 15.1. The van der Waals surface area contributed by atoms with Crippen LogP contribution < -0.4 is 25.0 Å². The molecule has 0 bridgehead atoms. The number of fused-ring (bicyclic) bond motifs is 4. The Morgan fingerprint density at radius 1 is 0.623 bits per heavy atom. The number of nitrogens with zero attached hydrogens (tertiary/aromatic N) is 7. The minimum atomic E-state index is -1.32. The molecule has 0 aliphatic carbocycles. The first kappa shape index (κ1) is 46.2. The van der Waals surface area contributed by atoms with Crippen molar-refractivity contribution in [2.45, 2.75) is 58.5 Å². The molecule has 4 aromatic heterocycles. The normalized spacial score (nSPS) is 15.1. The molecule has 18 heteroatoms. The lowest BCUT2D eigenvalue weighted by atomic mass is 9.99. The largest absolute Gasteiger partial charge is 0.493 e. The third kappa shape index (κ3) is 8.44. The summed E-state index contributed by atoms with van der Waals surface area (Å²) in [7, 11) is 3.44. The molecule has 2 aliphatic rings. The maximum atomic E-state index is 14.6. The molecule has 2 aliphatic heterocycles. The van der Waals surface area contributed by atoms with Crippen molar-refractivity contribution in [3.63, 3.8) is 0 Å². The number of halogens is 5. The van der Waals surface area contributed by atoms with Gasteiger partial charge < -0.3 is 25.0 Å². The molecule has 8 aromatic rings. The van der Waals surface area contributed by atoms with Crippen LogP contribution in [-0.2, 0) is 0 Å². The van der Waals surface area contributed by atoms with Crippen LogP contribution in [-0.4, -0.2) is 68.3 Å². The van der Waals surface area contributed by atoms with E-state index >= 15 is 0 Å². The highest BCUT2D eigenvalue weighted by atomic mass is 19.2. The fourth-order valence-electron chi connectivity index (χ4n) is 9.04. The van der Waals surface area contributed by atoms with Crippen LogP contribution in [0.2, 0.25) is 0 Å². The first-order chi connectivity index (χ1) is 33.1. The zero-order chi connectivity index (χ0) is 48.8. The maximum Gasteiger partial charge on any atom is 0.257 e. The van der Waals surface area contributed by atoms with Crippen molar-refractivity contribution in [1.29, 1.82) is 0 Å². The van der Waals surface area contributed by atoms with Gasteiger partial charge in [-0.25, -0.2) is 36.4 Å². The number of benzene rings is 4. The molecule has 0 spiro atoms. The molecule has 0 unspecified atom stereocenters. The number of para-hydroxylation sites is 2. The molecule has 354 valence electrons. The predicted octanol–water partition coefficient (Wildman–Crippen LogP) is 9.80. The van der Waals surface area contributed by atoms with Gasteiger partial charge in [-0.15, -0.1) is 0 Å². The van der Waals surface area contributed by atoms with Crippen molar-refractivity contribution in [1.82, 2.24) is 39.8 Å². The summed E-state index contributed by atoms with van der Waals surface area (Å²) in [6.45, 7) is 8.08. The highest BCUT2D eigenvalue weighted by Crippen LogP contribution is 2.38. The molecular formula is C51H46F5N9O4. The third-order valence-corrected chi connectivity index (χ3v) is 12.1. The van der Waals surface area contributed by atoms with E-state index in [2.05, 4.69) is 30.8 Å².